The number of halogens is 1. The highest BCUT2D eigenvalue weighted by Gasteiger charge is 2.09. The van der Waals surface area contributed by atoms with Crippen molar-refractivity contribution in [2.75, 3.05) is 5.75 Å². The van der Waals surface area contributed by atoms with E-state index >= 15 is 0 Å². The molecule has 0 spiro atoms. The van der Waals surface area contributed by atoms with E-state index in [9.17, 15) is 4.79 Å². The molecule has 0 aliphatic heterocycles. The largest absolute Gasteiger partial charge is 0.293 e. The fourth-order valence-corrected chi connectivity index (χ4v) is 3.00. The van der Waals surface area contributed by atoms with Crippen molar-refractivity contribution >= 4 is 40.7 Å². The van der Waals surface area contributed by atoms with Crippen molar-refractivity contribution in [3.8, 4) is 0 Å². The fraction of sp³-hybridized carbons (Fsp3) is 0.250. The highest BCUT2D eigenvalue weighted by molar-refractivity contribution is 8.01. The minimum absolute atomic E-state index is 0.0740. The van der Waals surface area contributed by atoms with Crippen LogP contribution in [0.5, 0.6) is 0 Å². The van der Waals surface area contributed by atoms with Gasteiger partial charge in [0.15, 0.2) is 10.1 Å². The Balaban J connectivity index is 1.93. The van der Waals surface area contributed by atoms with Crippen LogP contribution >= 0.6 is 34.9 Å². The summed E-state index contributed by atoms with van der Waals surface area (Å²) in [6, 6.07) is 6.92. The minimum atomic E-state index is 0.0740. The third-order valence-corrected chi connectivity index (χ3v) is 4.38. The molecule has 0 atom stereocenters. The second-order valence-electron chi connectivity index (χ2n) is 3.55. The Morgan fingerprint density at radius 2 is 2.11 bits per heavy atom. The first kappa shape index (κ1) is 13.5. The molecule has 0 radical (unpaired) electrons. The van der Waals surface area contributed by atoms with Crippen molar-refractivity contribution in [1.29, 1.82) is 0 Å². The first-order valence-electron chi connectivity index (χ1n) is 5.43. The maximum atomic E-state index is 11.9. The van der Waals surface area contributed by atoms with Crippen LogP contribution in [-0.2, 0) is 6.42 Å². The van der Waals surface area contributed by atoms with Gasteiger partial charge in [0.05, 0.1) is 5.75 Å². The van der Waals surface area contributed by atoms with Gasteiger partial charge in [0, 0.05) is 17.0 Å². The molecule has 1 heterocycles. The molecule has 0 amide bonds. The van der Waals surface area contributed by atoms with Crippen LogP contribution < -0.4 is 0 Å². The highest BCUT2D eigenvalue weighted by Crippen LogP contribution is 2.21. The van der Waals surface area contributed by atoms with Crippen LogP contribution in [0.2, 0.25) is 5.02 Å². The topological polar surface area (TPSA) is 42.9 Å². The molecular formula is C12H11ClN2OS2. The number of hydrogen-bond donors (Lipinski definition) is 0. The van der Waals surface area contributed by atoms with Crippen LogP contribution in [0.4, 0.5) is 0 Å². The molecule has 2 aromatic rings. The van der Waals surface area contributed by atoms with Crippen molar-refractivity contribution < 1.29 is 4.79 Å². The molecule has 0 aliphatic carbocycles. The number of aromatic nitrogens is 2. The molecule has 6 heteroatoms. The van der Waals surface area contributed by atoms with Gasteiger partial charge in [-0.1, -0.05) is 30.3 Å². The van der Waals surface area contributed by atoms with Crippen LogP contribution in [0.3, 0.4) is 0 Å². The van der Waals surface area contributed by atoms with Crippen molar-refractivity contribution in [3.63, 3.8) is 0 Å². The summed E-state index contributed by atoms with van der Waals surface area (Å²) in [5, 5.41) is 0.635. The van der Waals surface area contributed by atoms with Crippen LogP contribution in [-0.4, -0.2) is 20.9 Å². The fourth-order valence-electron chi connectivity index (χ4n) is 1.29. The smallest absolute Gasteiger partial charge is 0.173 e. The molecule has 3 nitrogen and oxygen atoms in total. The van der Waals surface area contributed by atoms with Gasteiger partial charge in [-0.25, -0.2) is 4.98 Å². The lowest BCUT2D eigenvalue weighted by Gasteiger charge is -1.99. The van der Waals surface area contributed by atoms with Crippen LogP contribution in [0, 0.1) is 0 Å². The summed E-state index contributed by atoms with van der Waals surface area (Å²) in [6.07, 6.45) is 0.822. The van der Waals surface area contributed by atoms with Gasteiger partial charge in [-0.2, -0.15) is 4.37 Å². The van der Waals surface area contributed by atoms with E-state index in [1.165, 1.54) is 23.3 Å². The predicted octanol–water partition coefficient (Wildman–Crippen LogP) is 3.73. The standard InChI is InChI=1S/C12H11ClN2OS2/c1-2-11-14-12(18-15-11)17-7-10(16)8-3-5-9(13)6-4-8/h3-6H,2,7H2,1H3. The summed E-state index contributed by atoms with van der Waals surface area (Å²) >= 11 is 8.54. The van der Waals surface area contributed by atoms with Gasteiger partial charge in [0.25, 0.3) is 0 Å². The number of benzene rings is 1. The Morgan fingerprint density at radius 3 is 2.72 bits per heavy atom. The number of rotatable bonds is 5. The first-order chi connectivity index (χ1) is 8.69. The van der Waals surface area contributed by atoms with Crippen molar-refractivity contribution in [3.05, 3.63) is 40.7 Å². The summed E-state index contributed by atoms with van der Waals surface area (Å²) in [5.41, 5.74) is 0.673. The van der Waals surface area contributed by atoms with Gasteiger partial charge in [0.2, 0.25) is 0 Å². The molecule has 0 N–H and O–H groups in total. The average molecular weight is 299 g/mol. The first-order valence-corrected chi connectivity index (χ1v) is 7.57. The Bertz CT molecular complexity index is 539. The number of Topliss-reactive ketones (excluding diaryl/α,β-unsaturated/α-hetero) is 1. The highest BCUT2D eigenvalue weighted by atomic mass is 35.5. The van der Waals surface area contributed by atoms with Crippen LogP contribution in [0.25, 0.3) is 0 Å². The van der Waals surface area contributed by atoms with Gasteiger partial charge >= 0.3 is 0 Å². The monoisotopic (exact) mass is 298 g/mol. The van der Waals surface area contributed by atoms with E-state index in [2.05, 4.69) is 9.36 Å². The average Bonchev–Trinajstić information content (AvgIpc) is 2.85. The zero-order valence-electron chi connectivity index (χ0n) is 9.72. The molecular weight excluding hydrogens is 288 g/mol. The second kappa shape index (κ2) is 6.31. The van der Waals surface area contributed by atoms with E-state index in [1.807, 2.05) is 6.92 Å². The van der Waals surface area contributed by atoms with Gasteiger partial charge in [-0.15, -0.1) is 0 Å². The molecule has 0 unspecified atom stereocenters. The van der Waals surface area contributed by atoms with Crippen LogP contribution in [0.15, 0.2) is 28.6 Å². The van der Waals surface area contributed by atoms with E-state index in [-0.39, 0.29) is 5.78 Å². The van der Waals surface area contributed by atoms with Crippen molar-refractivity contribution in [1.82, 2.24) is 9.36 Å². The second-order valence-corrected chi connectivity index (χ2v) is 5.96. The summed E-state index contributed by atoms with van der Waals surface area (Å²) in [5.74, 6) is 1.28. The zero-order chi connectivity index (χ0) is 13.0. The van der Waals surface area contributed by atoms with E-state index in [0.717, 1.165) is 16.6 Å². The Kier molecular flexibility index (Phi) is 4.74. The Hall–Kier alpha value is -0.910. The number of hydrogen-bond acceptors (Lipinski definition) is 5. The van der Waals surface area contributed by atoms with E-state index < -0.39 is 0 Å². The maximum absolute atomic E-state index is 11.9. The molecule has 18 heavy (non-hydrogen) atoms. The minimum Gasteiger partial charge on any atom is -0.293 e. The van der Waals surface area contributed by atoms with Gasteiger partial charge in [-0.3, -0.25) is 4.79 Å². The molecule has 0 aliphatic rings. The molecule has 0 saturated heterocycles. The van der Waals surface area contributed by atoms with E-state index in [4.69, 9.17) is 11.6 Å². The van der Waals surface area contributed by atoms with Gasteiger partial charge in [0.1, 0.15) is 5.82 Å². The summed E-state index contributed by atoms with van der Waals surface area (Å²) in [4.78, 5) is 16.2. The third kappa shape index (κ3) is 3.54. The Labute approximate surface area is 119 Å². The SMILES string of the molecule is CCc1nsc(SCC(=O)c2ccc(Cl)cc2)n1. The molecule has 0 saturated carbocycles. The molecule has 0 fully saturated rings. The van der Waals surface area contributed by atoms with Gasteiger partial charge < -0.3 is 0 Å². The number of nitrogens with zero attached hydrogens (tertiary/aromatic N) is 2. The summed E-state index contributed by atoms with van der Waals surface area (Å²) < 4.78 is 5.02. The lowest BCUT2D eigenvalue weighted by Crippen LogP contribution is -2.01. The van der Waals surface area contributed by atoms with Gasteiger partial charge in [-0.05, 0) is 35.8 Å². The zero-order valence-corrected chi connectivity index (χ0v) is 12.1. The Morgan fingerprint density at radius 1 is 1.39 bits per heavy atom. The summed E-state index contributed by atoms with van der Waals surface area (Å²) in [6.45, 7) is 2.01. The number of ketones is 1. The third-order valence-electron chi connectivity index (χ3n) is 2.26. The van der Waals surface area contributed by atoms with E-state index in [1.54, 1.807) is 24.3 Å². The molecule has 1 aromatic heterocycles. The quantitative estimate of drug-likeness (QED) is 0.623. The molecule has 1 aromatic carbocycles. The lowest BCUT2D eigenvalue weighted by molar-refractivity contribution is 0.102. The number of carbonyl (C=O) groups excluding carboxylic acids is 1. The van der Waals surface area contributed by atoms with Crippen molar-refractivity contribution in [2.45, 2.75) is 17.7 Å². The van der Waals surface area contributed by atoms with E-state index in [0.29, 0.717) is 16.3 Å². The van der Waals surface area contributed by atoms with Crippen LogP contribution in [0.1, 0.15) is 23.1 Å². The number of carbonyl (C=O) groups is 1. The summed E-state index contributed by atoms with van der Waals surface area (Å²) in [7, 11) is 0. The van der Waals surface area contributed by atoms with Crippen molar-refractivity contribution in [2.24, 2.45) is 0 Å². The maximum Gasteiger partial charge on any atom is 0.173 e. The predicted molar refractivity (Wildman–Crippen MR) is 75.8 cm³/mol. The number of aryl methyl sites for hydroxylation is 1. The lowest BCUT2D eigenvalue weighted by atomic mass is 10.1. The number of thioether (sulfide) groups is 1. The molecule has 94 valence electrons. The molecule has 0 bridgehead atoms. The molecule has 2 rings (SSSR count). The normalized spacial score (nSPS) is 10.6.